The summed E-state index contributed by atoms with van der Waals surface area (Å²) in [5, 5.41) is 9.23. The van der Waals surface area contributed by atoms with E-state index in [1.807, 2.05) is 6.07 Å². The highest BCUT2D eigenvalue weighted by atomic mass is 79.9. The van der Waals surface area contributed by atoms with E-state index in [4.69, 9.17) is 0 Å². The zero-order valence-corrected chi connectivity index (χ0v) is 13.3. The molecule has 0 amide bonds. The van der Waals surface area contributed by atoms with Crippen LogP contribution in [0.15, 0.2) is 51.4 Å². The summed E-state index contributed by atoms with van der Waals surface area (Å²) in [6.45, 7) is 0. The van der Waals surface area contributed by atoms with Gasteiger partial charge in [0, 0.05) is 14.5 Å². The monoisotopic (exact) mass is 395 g/mol. The molecule has 0 radical (unpaired) electrons. The van der Waals surface area contributed by atoms with Gasteiger partial charge in [-0.05, 0) is 35.9 Å². The minimum absolute atomic E-state index is 0.354. The minimum atomic E-state index is -1.02. The molecule has 0 aromatic heterocycles. The van der Waals surface area contributed by atoms with Gasteiger partial charge < -0.3 is 0 Å². The first-order chi connectivity index (χ1) is 9.52. The Morgan fingerprint density at radius 3 is 2.55 bits per heavy atom. The number of Topliss-reactive ketones (excluding diaryl/α,β-unsaturated/α-hetero) is 1. The molecule has 0 aliphatic heterocycles. The van der Waals surface area contributed by atoms with Crippen LogP contribution in [0.5, 0.6) is 0 Å². The maximum atomic E-state index is 13.2. The Balaban J connectivity index is 2.42. The van der Waals surface area contributed by atoms with Crippen molar-refractivity contribution in [1.82, 2.24) is 0 Å². The standard InChI is InChI=1S/C15H8Br2FNO/c16-10-4-5-12(14(17)7-10)15(20)13(8-19)9-2-1-3-11(18)6-9/h1-7,13H. The number of benzene rings is 2. The average Bonchev–Trinajstić information content (AvgIpc) is 2.39. The third-order valence-electron chi connectivity index (χ3n) is 2.77. The summed E-state index contributed by atoms with van der Waals surface area (Å²) >= 11 is 6.60. The van der Waals surface area contributed by atoms with Gasteiger partial charge in [0.15, 0.2) is 5.78 Å². The maximum absolute atomic E-state index is 13.2. The molecule has 0 saturated heterocycles. The Labute approximate surface area is 132 Å². The minimum Gasteiger partial charge on any atom is -0.292 e. The highest BCUT2D eigenvalue weighted by Crippen LogP contribution is 2.28. The van der Waals surface area contributed by atoms with E-state index in [1.165, 1.54) is 18.2 Å². The number of rotatable bonds is 3. The molecule has 20 heavy (non-hydrogen) atoms. The lowest BCUT2D eigenvalue weighted by molar-refractivity contribution is 0.0978. The smallest absolute Gasteiger partial charge is 0.185 e. The van der Waals surface area contributed by atoms with Crippen LogP contribution in [0.3, 0.4) is 0 Å². The van der Waals surface area contributed by atoms with E-state index in [9.17, 15) is 14.4 Å². The van der Waals surface area contributed by atoms with Crippen molar-refractivity contribution >= 4 is 37.6 Å². The fourth-order valence-corrected chi connectivity index (χ4v) is 3.06. The maximum Gasteiger partial charge on any atom is 0.185 e. The molecule has 2 rings (SSSR count). The highest BCUT2D eigenvalue weighted by molar-refractivity contribution is 9.11. The topological polar surface area (TPSA) is 40.9 Å². The Kier molecular flexibility index (Phi) is 4.69. The third kappa shape index (κ3) is 3.14. The number of hydrogen-bond acceptors (Lipinski definition) is 2. The number of nitrogens with zero attached hydrogens (tertiary/aromatic N) is 1. The highest BCUT2D eigenvalue weighted by Gasteiger charge is 2.23. The van der Waals surface area contributed by atoms with E-state index >= 15 is 0 Å². The predicted molar refractivity (Wildman–Crippen MR) is 80.9 cm³/mol. The van der Waals surface area contributed by atoms with Crippen LogP contribution in [0.4, 0.5) is 4.39 Å². The molecule has 0 aliphatic rings. The van der Waals surface area contributed by atoms with Crippen molar-refractivity contribution < 1.29 is 9.18 Å². The van der Waals surface area contributed by atoms with Crippen molar-refractivity contribution in [3.05, 3.63) is 68.4 Å². The average molecular weight is 397 g/mol. The van der Waals surface area contributed by atoms with Gasteiger partial charge in [0.2, 0.25) is 0 Å². The summed E-state index contributed by atoms with van der Waals surface area (Å²) in [5.74, 6) is -1.86. The van der Waals surface area contributed by atoms with Crippen LogP contribution < -0.4 is 0 Å². The van der Waals surface area contributed by atoms with Gasteiger partial charge in [-0.2, -0.15) is 5.26 Å². The van der Waals surface area contributed by atoms with Gasteiger partial charge in [-0.3, -0.25) is 4.79 Å². The summed E-state index contributed by atoms with van der Waals surface area (Å²) in [6, 6.07) is 12.6. The Bertz CT molecular complexity index is 709. The van der Waals surface area contributed by atoms with Gasteiger partial charge in [0.1, 0.15) is 11.7 Å². The lowest BCUT2D eigenvalue weighted by Gasteiger charge is -2.10. The number of nitriles is 1. The van der Waals surface area contributed by atoms with Gasteiger partial charge in [-0.1, -0.05) is 44.0 Å². The van der Waals surface area contributed by atoms with E-state index in [1.54, 1.807) is 24.3 Å². The number of ketones is 1. The lowest BCUT2D eigenvalue weighted by Crippen LogP contribution is -2.12. The summed E-state index contributed by atoms with van der Waals surface area (Å²) < 4.78 is 14.6. The quantitative estimate of drug-likeness (QED) is 0.696. The van der Waals surface area contributed by atoms with Crippen molar-refractivity contribution in [1.29, 1.82) is 5.26 Å². The molecule has 0 aliphatic carbocycles. The summed E-state index contributed by atoms with van der Waals surface area (Å²) in [4.78, 5) is 12.4. The van der Waals surface area contributed by atoms with E-state index in [0.717, 1.165) is 4.47 Å². The number of carbonyl (C=O) groups excluding carboxylic acids is 1. The predicted octanol–water partition coefficient (Wildman–Crippen LogP) is 4.84. The number of hydrogen-bond donors (Lipinski definition) is 0. The zero-order chi connectivity index (χ0) is 14.7. The summed E-state index contributed by atoms with van der Waals surface area (Å²) in [6.07, 6.45) is 0. The Morgan fingerprint density at radius 2 is 1.95 bits per heavy atom. The largest absolute Gasteiger partial charge is 0.292 e. The molecule has 100 valence electrons. The van der Waals surface area contributed by atoms with E-state index in [2.05, 4.69) is 31.9 Å². The number of halogens is 3. The van der Waals surface area contributed by atoms with Gasteiger partial charge in [0.25, 0.3) is 0 Å². The van der Waals surface area contributed by atoms with Gasteiger partial charge in [0.05, 0.1) is 6.07 Å². The third-order valence-corrected chi connectivity index (χ3v) is 3.92. The molecule has 0 spiro atoms. The Hall–Kier alpha value is -1.51. The van der Waals surface area contributed by atoms with Crippen LogP contribution in [0.1, 0.15) is 21.8 Å². The summed E-state index contributed by atoms with van der Waals surface area (Å²) in [5.41, 5.74) is 0.747. The molecule has 2 aromatic rings. The van der Waals surface area contributed by atoms with Crippen LogP contribution in [0.2, 0.25) is 0 Å². The fourth-order valence-electron chi connectivity index (χ4n) is 1.82. The molecule has 0 bridgehead atoms. The molecule has 5 heteroatoms. The number of carbonyl (C=O) groups is 1. The lowest BCUT2D eigenvalue weighted by atomic mass is 9.92. The molecule has 1 unspecified atom stereocenters. The van der Waals surface area contributed by atoms with Crippen LogP contribution in [0.25, 0.3) is 0 Å². The normalized spacial score (nSPS) is 11.7. The first-order valence-corrected chi connectivity index (χ1v) is 7.26. The van der Waals surface area contributed by atoms with Crippen LogP contribution in [-0.4, -0.2) is 5.78 Å². The van der Waals surface area contributed by atoms with Crippen molar-refractivity contribution in [2.45, 2.75) is 5.92 Å². The molecular weight excluding hydrogens is 389 g/mol. The van der Waals surface area contributed by atoms with Crippen LogP contribution in [-0.2, 0) is 0 Å². The van der Waals surface area contributed by atoms with E-state index < -0.39 is 11.7 Å². The second kappa shape index (κ2) is 6.29. The second-order valence-corrected chi connectivity index (χ2v) is 5.88. The first kappa shape index (κ1) is 14.9. The van der Waals surface area contributed by atoms with Gasteiger partial charge in [-0.25, -0.2) is 4.39 Å². The molecule has 0 fully saturated rings. The van der Waals surface area contributed by atoms with Gasteiger partial charge >= 0.3 is 0 Å². The van der Waals surface area contributed by atoms with Crippen LogP contribution in [0, 0.1) is 17.1 Å². The molecule has 0 N–H and O–H groups in total. The molecule has 1 atom stereocenters. The van der Waals surface area contributed by atoms with E-state index in [-0.39, 0.29) is 5.78 Å². The SMILES string of the molecule is N#CC(C(=O)c1ccc(Br)cc1Br)c1cccc(F)c1. The zero-order valence-electron chi connectivity index (χ0n) is 10.1. The van der Waals surface area contributed by atoms with E-state index in [0.29, 0.717) is 15.6 Å². The Morgan fingerprint density at radius 1 is 1.20 bits per heavy atom. The summed E-state index contributed by atoms with van der Waals surface area (Å²) in [7, 11) is 0. The van der Waals surface area contributed by atoms with Crippen molar-refractivity contribution in [2.75, 3.05) is 0 Å². The molecule has 2 nitrogen and oxygen atoms in total. The van der Waals surface area contributed by atoms with Crippen molar-refractivity contribution in [3.63, 3.8) is 0 Å². The van der Waals surface area contributed by atoms with Crippen molar-refractivity contribution in [3.8, 4) is 6.07 Å². The van der Waals surface area contributed by atoms with Gasteiger partial charge in [-0.15, -0.1) is 0 Å². The fraction of sp³-hybridized carbons (Fsp3) is 0.0667. The first-order valence-electron chi connectivity index (χ1n) is 5.67. The van der Waals surface area contributed by atoms with Crippen molar-refractivity contribution in [2.24, 2.45) is 0 Å². The molecule has 0 saturated carbocycles. The molecule has 2 aromatic carbocycles. The second-order valence-electron chi connectivity index (χ2n) is 4.11. The molecule has 0 heterocycles. The molecular formula is C15H8Br2FNO. The van der Waals surface area contributed by atoms with Crippen LogP contribution >= 0.6 is 31.9 Å².